The van der Waals surface area contributed by atoms with E-state index in [4.69, 9.17) is 0 Å². The van der Waals surface area contributed by atoms with Gasteiger partial charge in [0.15, 0.2) is 0 Å². The number of fused-ring (bicyclic) bond motifs is 1. The van der Waals surface area contributed by atoms with Crippen LogP contribution in [0.4, 0.5) is 0 Å². The zero-order valence-corrected chi connectivity index (χ0v) is 15.9. The fourth-order valence-corrected chi connectivity index (χ4v) is 3.85. The molecule has 1 N–H and O–H groups in total. The van der Waals surface area contributed by atoms with Gasteiger partial charge in [0.05, 0.1) is 10.7 Å². The topological polar surface area (TPSA) is 102 Å². The summed E-state index contributed by atoms with van der Waals surface area (Å²) in [5.74, 6) is 0.715. The Morgan fingerprint density at radius 3 is 2.93 bits per heavy atom. The van der Waals surface area contributed by atoms with E-state index in [0.29, 0.717) is 17.1 Å². The van der Waals surface area contributed by atoms with E-state index >= 15 is 0 Å². The van der Waals surface area contributed by atoms with Crippen molar-refractivity contribution in [2.75, 3.05) is 0 Å². The van der Waals surface area contributed by atoms with E-state index < -0.39 is 0 Å². The minimum atomic E-state index is -0.211. The van der Waals surface area contributed by atoms with E-state index in [2.05, 4.69) is 49.8 Å². The van der Waals surface area contributed by atoms with Gasteiger partial charge in [-0.25, -0.2) is 9.97 Å². The molecular formula is C18H19N7OS. The Morgan fingerprint density at radius 1 is 1.30 bits per heavy atom. The summed E-state index contributed by atoms with van der Waals surface area (Å²) in [5, 5.41) is 16.9. The van der Waals surface area contributed by atoms with Crippen LogP contribution in [0.2, 0.25) is 0 Å². The molecule has 138 valence electrons. The molecule has 4 rings (SSSR count). The minimum absolute atomic E-state index is 0.211. The molecule has 0 saturated heterocycles. The lowest BCUT2D eigenvalue weighted by molar-refractivity contribution is 0.785. The first kappa shape index (κ1) is 17.5. The Morgan fingerprint density at radius 2 is 2.19 bits per heavy atom. The summed E-state index contributed by atoms with van der Waals surface area (Å²) in [6, 6.07) is 3.90. The number of hydrogen-bond acceptors (Lipinski definition) is 7. The molecule has 4 heterocycles. The zero-order chi connectivity index (χ0) is 18.8. The molecule has 0 fully saturated rings. The van der Waals surface area contributed by atoms with Crippen LogP contribution in [0, 0.1) is 0 Å². The second-order valence-electron chi connectivity index (χ2n) is 6.65. The largest absolute Gasteiger partial charge is 0.269 e. The second-order valence-corrected chi connectivity index (χ2v) is 7.59. The van der Waals surface area contributed by atoms with E-state index in [0.717, 1.165) is 24.8 Å². The highest BCUT2D eigenvalue weighted by atomic mass is 32.1. The van der Waals surface area contributed by atoms with Crippen molar-refractivity contribution in [3.63, 3.8) is 0 Å². The third-order valence-corrected chi connectivity index (χ3v) is 5.30. The van der Waals surface area contributed by atoms with E-state index in [-0.39, 0.29) is 11.4 Å². The van der Waals surface area contributed by atoms with Gasteiger partial charge < -0.3 is 0 Å². The average Bonchev–Trinajstić information content (AvgIpc) is 3.34. The van der Waals surface area contributed by atoms with Crippen LogP contribution in [0.5, 0.6) is 0 Å². The number of nitrogens with zero attached hydrogens (tertiary/aromatic N) is 6. The van der Waals surface area contributed by atoms with Crippen molar-refractivity contribution in [1.29, 1.82) is 0 Å². The van der Waals surface area contributed by atoms with E-state index in [1.54, 1.807) is 17.5 Å². The molecule has 0 aliphatic rings. The Balaban J connectivity index is 1.48. The van der Waals surface area contributed by atoms with Crippen molar-refractivity contribution in [2.24, 2.45) is 0 Å². The lowest BCUT2D eigenvalue weighted by Gasteiger charge is -2.05. The van der Waals surface area contributed by atoms with Crippen molar-refractivity contribution in [1.82, 2.24) is 35.0 Å². The molecule has 0 aromatic carbocycles. The molecular weight excluding hydrogens is 362 g/mol. The van der Waals surface area contributed by atoms with Gasteiger partial charge in [0.1, 0.15) is 11.2 Å². The number of tetrazole rings is 1. The van der Waals surface area contributed by atoms with Crippen molar-refractivity contribution >= 4 is 17.0 Å². The second kappa shape index (κ2) is 7.36. The first-order chi connectivity index (χ1) is 13.1. The third kappa shape index (κ3) is 3.63. The molecule has 8 nitrogen and oxygen atoms in total. The van der Waals surface area contributed by atoms with Gasteiger partial charge in [-0.2, -0.15) is 5.21 Å². The first-order valence-electron chi connectivity index (χ1n) is 8.80. The summed E-state index contributed by atoms with van der Waals surface area (Å²) in [5.41, 5.74) is 3.04. The number of aryl methyl sites for hydroxylation is 2. The van der Waals surface area contributed by atoms with Crippen molar-refractivity contribution in [3.05, 3.63) is 56.5 Å². The molecule has 0 unspecified atom stereocenters. The molecule has 4 aromatic rings. The lowest BCUT2D eigenvalue weighted by Crippen LogP contribution is -2.17. The number of aromatic amines is 1. The molecule has 0 amide bonds. The van der Waals surface area contributed by atoms with Crippen molar-refractivity contribution in [3.8, 4) is 11.4 Å². The van der Waals surface area contributed by atoms with Crippen LogP contribution >= 0.6 is 11.3 Å². The molecule has 0 saturated carbocycles. The van der Waals surface area contributed by atoms with Crippen LogP contribution in [0.1, 0.15) is 42.5 Å². The summed E-state index contributed by atoms with van der Waals surface area (Å²) in [4.78, 5) is 21.6. The summed E-state index contributed by atoms with van der Waals surface area (Å²) in [6.45, 7) is 4.32. The average molecular weight is 381 g/mol. The standard InChI is InChI=1S/C18H19N7OS/c1-11(2)14-10-27-16(20-14)5-3-4-12-6-7-25-15(8-12)19-9-13(18(25)26)17-21-23-24-22-17/h6-11H,3-5H2,1-2H3,(H,21,22,23,24). The maximum Gasteiger partial charge on any atom is 0.269 e. The molecule has 0 aliphatic heterocycles. The van der Waals surface area contributed by atoms with Gasteiger partial charge in [-0.3, -0.25) is 9.20 Å². The first-order valence-corrected chi connectivity index (χ1v) is 9.68. The number of pyridine rings is 1. The minimum Gasteiger partial charge on any atom is -0.268 e. The molecule has 0 bridgehead atoms. The summed E-state index contributed by atoms with van der Waals surface area (Å²) in [6.07, 6.45) is 6.13. The van der Waals surface area contributed by atoms with Gasteiger partial charge in [-0.1, -0.05) is 13.8 Å². The van der Waals surface area contributed by atoms with Gasteiger partial charge in [0, 0.05) is 17.8 Å². The molecule has 0 aliphatic carbocycles. The molecule has 4 aromatic heterocycles. The normalized spacial score (nSPS) is 11.5. The maximum absolute atomic E-state index is 12.6. The van der Waals surface area contributed by atoms with Gasteiger partial charge in [0.2, 0.25) is 5.82 Å². The number of nitrogens with one attached hydrogen (secondary N) is 1. The van der Waals surface area contributed by atoms with Crippen molar-refractivity contribution < 1.29 is 0 Å². The van der Waals surface area contributed by atoms with Crippen LogP contribution in [0.15, 0.2) is 34.7 Å². The molecule has 27 heavy (non-hydrogen) atoms. The van der Waals surface area contributed by atoms with Crippen LogP contribution in [0.3, 0.4) is 0 Å². The van der Waals surface area contributed by atoms with Crippen LogP contribution < -0.4 is 5.56 Å². The SMILES string of the molecule is CC(C)c1csc(CCCc2ccn3c(=O)c(-c4nn[nH]n4)cnc3c2)n1. The fourth-order valence-electron chi connectivity index (χ4n) is 2.85. The molecule has 0 spiro atoms. The van der Waals surface area contributed by atoms with Gasteiger partial charge in [-0.05, 0) is 48.1 Å². The highest BCUT2D eigenvalue weighted by Crippen LogP contribution is 2.19. The van der Waals surface area contributed by atoms with Gasteiger partial charge >= 0.3 is 0 Å². The number of thiazole rings is 1. The third-order valence-electron chi connectivity index (χ3n) is 4.38. The molecule has 0 radical (unpaired) electrons. The van der Waals surface area contributed by atoms with Crippen LogP contribution in [-0.4, -0.2) is 35.0 Å². The summed E-state index contributed by atoms with van der Waals surface area (Å²) < 4.78 is 1.50. The number of aromatic nitrogens is 7. The smallest absolute Gasteiger partial charge is 0.268 e. The lowest BCUT2D eigenvalue weighted by atomic mass is 10.1. The number of H-pyrrole nitrogens is 1. The van der Waals surface area contributed by atoms with Gasteiger partial charge in [-0.15, -0.1) is 21.5 Å². The molecule has 9 heteroatoms. The van der Waals surface area contributed by atoms with Gasteiger partial charge in [0.25, 0.3) is 5.56 Å². The highest BCUT2D eigenvalue weighted by Gasteiger charge is 2.11. The Labute approximate surface area is 159 Å². The Kier molecular flexibility index (Phi) is 4.76. The highest BCUT2D eigenvalue weighted by molar-refractivity contribution is 7.09. The predicted octanol–water partition coefficient (Wildman–Crippen LogP) is 2.63. The fraction of sp³-hybridized carbons (Fsp3) is 0.333. The number of rotatable bonds is 6. The Bertz CT molecular complexity index is 1110. The van der Waals surface area contributed by atoms with E-state index in [1.165, 1.54) is 21.3 Å². The van der Waals surface area contributed by atoms with Crippen molar-refractivity contribution in [2.45, 2.75) is 39.0 Å². The maximum atomic E-state index is 12.6. The van der Waals surface area contributed by atoms with Crippen LogP contribution in [0.25, 0.3) is 17.0 Å². The van der Waals surface area contributed by atoms with E-state index in [9.17, 15) is 4.79 Å². The molecule has 0 atom stereocenters. The quantitative estimate of drug-likeness (QED) is 0.551. The summed E-state index contributed by atoms with van der Waals surface area (Å²) >= 11 is 1.73. The predicted molar refractivity (Wildman–Crippen MR) is 103 cm³/mol. The Hall–Kier alpha value is -2.94. The van der Waals surface area contributed by atoms with E-state index in [1.807, 2.05) is 12.1 Å². The monoisotopic (exact) mass is 381 g/mol. The summed E-state index contributed by atoms with van der Waals surface area (Å²) in [7, 11) is 0. The van der Waals surface area contributed by atoms with Crippen LogP contribution in [-0.2, 0) is 12.8 Å². The zero-order valence-electron chi connectivity index (χ0n) is 15.1. The number of hydrogen-bond donors (Lipinski definition) is 1.